The van der Waals surface area contributed by atoms with Crippen LogP contribution >= 0.6 is 0 Å². The zero-order valence-corrected chi connectivity index (χ0v) is 16.9. The van der Waals surface area contributed by atoms with Crippen molar-refractivity contribution in [1.82, 2.24) is 4.98 Å². The van der Waals surface area contributed by atoms with Crippen LogP contribution in [-0.2, 0) is 10.0 Å². The zero-order valence-electron chi connectivity index (χ0n) is 16.1. The number of hydrogen-bond acceptors (Lipinski definition) is 5. The fraction of sp³-hybridized carbons (Fsp3) is 0. The van der Waals surface area contributed by atoms with Gasteiger partial charge < -0.3 is 9.84 Å². The van der Waals surface area contributed by atoms with Crippen LogP contribution in [0.4, 0.5) is 10.1 Å². The highest BCUT2D eigenvalue weighted by Crippen LogP contribution is 2.28. The fourth-order valence-electron chi connectivity index (χ4n) is 2.85. The molecule has 0 aliphatic carbocycles. The lowest BCUT2D eigenvalue weighted by molar-refractivity contribution is 0.418. The number of rotatable bonds is 6. The molecule has 0 amide bonds. The molecular weight excluding hydrogens is 419 g/mol. The maximum atomic E-state index is 13.2. The van der Waals surface area contributed by atoms with E-state index in [2.05, 4.69) is 9.71 Å². The number of pyridine rings is 1. The van der Waals surface area contributed by atoms with Crippen molar-refractivity contribution in [2.24, 2.45) is 0 Å². The topological polar surface area (TPSA) is 88.5 Å². The standard InChI is InChI=1S/C23H17FN2O4S/c24-20-13-12-18(15-22(20)27)30-23-11-5-10-21(25-23)16-6-4-9-19(14-16)31(28,29)26-17-7-2-1-3-8-17/h1-15,26-27H. The summed E-state index contributed by atoms with van der Waals surface area (Å²) in [7, 11) is -3.78. The molecule has 0 atom stereocenters. The second-order valence-corrected chi connectivity index (χ2v) is 8.26. The minimum atomic E-state index is -3.78. The average molecular weight is 436 g/mol. The lowest BCUT2D eigenvalue weighted by Gasteiger charge is -2.10. The first-order chi connectivity index (χ1) is 14.9. The van der Waals surface area contributed by atoms with Crippen LogP contribution in [0.5, 0.6) is 17.4 Å². The number of nitrogens with zero attached hydrogens (tertiary/aromatic N) is 1. The van der Waals surface area contributed by atoms with Gasteiger partial charge >= 0.3 is 0 Å². The molecule has 0 aliphatic heterocycles. The van der Waals surface area contributed by atoms with Crippen molar-refractivity contribution in [3.8, 4) is 28.6 Å². The molecule has 8 heteroatoms. The Bertz CT molecular complexity index is 1330. The van der Waals surface area contributed by atoms with Gasteiger partial charge in [0.25, 0.3) is 10.0 Å². The van der Waals surface area contributed by atoms with E-state index in [0.717, 1.165) is 12.1 Å². The van der Waals surface area contributed by atoms with Gasteiger partial charge in [-0.2, -0.15) is 0 Å². The Hall–Kier alpha value is -3.91. The van der Waals surface area contributed by atoms with Gasteiger partial charge in [0.05, 0.1) is 10.6 Å². The van der Waals surface area contributed by atoms with Gasteiger partial charge in [0.15, 0.2) is 11.6 Å². The molecule has 1 heterocycles. The molecule has 0 bridgehead atoms. The van der Waals surface area contributed by atoms with Crippen LogP contribution in [0.1, 0.15) is 0 Å². The first-order valence-electron chi connectivity index (χ1n) is 9.22. The number of aromatic hydroxyl groups is 1. The van der Waals surface area contributed by atoms with Crippen molar-refractivity contribution in [3.05, 3.63) is 96.8 Å². The van der Waals surface area contributed by atoms with Crippen molar-refractivity contribution in [1.29, 1.82) is 0 Å². The molecule has 0 fully saturated rings. The highest BCUT2D eigenvalue weighted by Gasteiger charge is 2.15. The number of para-hydroxylation sites is 1. The summed E-state index contributed by atoms with van der Waals surface area (Å²) < 4.78 is 46.8. The van der Waals surface area contributed by atoms with Gasteiger partial charge in [0.1, 0.15) is 5.75 Å². The Balaban J connectivity index is 1.60. The van der Waals surface area contributed by atoms with Crippen LogP contribution < -0.4 is 9.46 Å². The van der Waals surface area contributed by atoms with Crippen LogP contribution in [0.25, 0.3) is 11.3 Å². The number of sulfonamides is 1. The van der Waals surface area contributed by atoms with Crippen molar-refractivity contribution < 1.29 is 22.7 Å². The molecule has 3 aromatic carbocycles. The molecule has 31 heavy (non-hydrogen) atoms. The second-order valence-electron chi connectivity index (χ2n) is 6.58. The maximum absolute atomic E-state index is 13.2. The Morgan fingerprint density at radius 1 is 0.871 bits per heavy atom. The first kappa shape index (κ1) is 20.4. The highest BCUT2D eigenvalue weighted by molar-refractivity contribution is 7.92. The Morgan fingerprint density at radius 2 is 1.65 bits per heavy atom. The molecule has 0 aliphatic rings. The molecule has 4 aromatic rings. The van der Waals surface area contributed by atoms with Crippen LogP contribution in [-0.4, -0.2) is 18.5 Å². The van der Waals surface area contributed by atoms with E-state index in [9.17, 15) is 17.9 Å². The predicted molar refractivity (Wildman–Crippen MR) is 115 cm³/mol. The van der Waals surface area contributed by atoms with Crippen molar-refractivity contribution in [2.75, 3.05) is 4.72 Å². The van der Waals surface area contributed by atoms with E-state index < -0.39 is 21.6 Å². The second kappa shape index (κ2) is 8.45. The summed E-state index contributed by atoms with van der Waals surface area (Å²) in [4.78, 5) is 4.47. The summed E-state index contributed by atoms with van der Waals surface area (Å²) in [5, 5.41) is 9.48. The quantitative estimate of drug-likeness (QED) is 0.434. The normalized spacial score (nSPS) is 11.1. The Kier molecular flexibility index (Phi) is 5.55. The van der Waals surface area contributed by atoms with Gasteiger partial charge in [-0.05, 0) is 42.5 Å². The Labute approximate surface area is 178 Å². The van der Waals surface area contributed by atoms with E-state index in [1.165, 1.54) is 18.2 Å². The molecule has 0 saturated carbocycles. The summed E-state index contributed by atoms with van der Waals surface area (Å²) in [6.07, 6.45) is 0. The van der Waals surface area contributed by atoms with Gasteiger partial charge in [-0.3, -0.25) is 4.72 Å². The molecule has 0 spiro atoms. The number of hydrogen-bond donors (Lipinski definition) is 2. The van der Waals surface area contributed by atoms with Crippen LogP contribution in [0.15, 0.2) is 95.9 Å². The molecule has 6 nitrogen and oxygen atoms in total. The number of nitrogens with one attached hydrogen (secondary N) is 1. The zero-order chi connectivity index (χ0) is 21.8. The minimum Gasteiger partial charge on any atom is -0.505 e. The molecule has 0 saturated heterocycles. The van der Waals surface area contributed by atoms with E-state index in [-0.39, 0.29) is 16.5 Å². The highest BCUT2D eigenvalue weighted by atomic mass is 32.2. The first-order valence-corrected chi connectivity index (χ1v) is 10.7. The molecule has 2 N–H and O–H groups in total. The molecule has 1 aromatic heterocycles. The molecule has 0 unspecified atom stereocenters. The maximum Gasteiger partial charge on any atom is 0.261 e. The van der Waals surface area contributed by atoms with Crippen molar-refractivity contribution >= 4 is 15.7 Å². The molecule has 156 valence electrons. The third-order valence-electron chi connectivity index (χ3n) is 4.33. The Morgan fingerprint density at radius 3 is 2.42 bits per heavy atom. The summed E-state index contributed by atoms with van der Waals surface area (Å²) in [6.45, 7) is 0. The average Bonchev–Trinajstić information content (AvgIpc) is 2.77. The minimum absolute atomic E-state index is 0.0884. The summed E-state index contributed by atoms with van der Waals surface area (Å²) in [5.41, 5.74) is 1.52. The van der Waals surface area contributed by atoms with Crippen molar-refractivity contribution in [3.63, 3.8) is 0 Å². The number of benzene rings is 3. The van der Waals surface area contributed by atoms with E-state index in [0.29, 0.717) is 16.9 Å². The third kappa shape index (κ3) is 4.81. The van der Waals surface area contributed by atoms with Crippen molar-refractivity contribution in [2.45, 2.75) is 4.90 Å². The SMILES string of the molecule is O=S(=O)(Nc1ccccc1)c1cccc(-c2cccc(Oc3ccc(F)c(O)c3)n2)c1. The number of anilines is 1. The smallest absolute Gasteiger partial charge is 0.261 e. The number of phenols is 1. The number of ether oxygens (including phenoxy) is 1. The van der Waals surface area contributed by atoms with Crippen LogP contribution in [0.3, 0.4) is 0 Å². The number of phenolic OH excluding ortho intramolecular Hbond substituents is 1. The lowest BCUT2D eigenvalue weighted by Crippen LogP contribution is -2.12. The van der Waals surface area contributed by atoms with E-state index >= 15 is 0 Å². The van der Waals surface area contributed by atoms with E-state index in [1.54, 1.807) is 60.7 Å². The van der Waals surface area contributed by atoms with Gasteiger partial charge in [-0.25, -0.2) is 17.8 Å². The van der Waals surface area contributed by atoms with Crippen LogP contribution in [0, 0.1) is 5.82 Å². The summed E-state index contributed by atoms with van der Waals surface area (Å²) in [6, 6.07) is 23.6. The lowest BCUT2D eigenvalue weighted by atomic mass is 10.1. The number of aromatic nitrogens is 1. The summed E-state index contributed by atoms with van der Waals surface area (Å²) in [5.74, 6) is -0.861. The summed E-state index contributed by atoms with van der Waals surface area (Å²) >= 11 is 0. The largest absolute Gasteiger partial charge is 0.505 e. The number of halogens is 1. The molecule has 0 radical (unpaired) electrons. The van der Waals surface area contributed by atoms with E-state index in [1.807, 2.05) is 0 Å². The van der Waals surface area contributed by atoms with Gasteiger partial charge in [-0.1, -0.05) is 36.4 Å². The van der Waals surface area contributed by atoms with Crippen LogP contribution in [0.2, 0.25) is 0 Å². The monoisotopic (exact) mass is 436 g/mol. The predicted octanol–water partition coefficient (Wildman–Crippen LogP) is 5.19. The van der Waals surface area contributed by atoms with Gasteiger partial charge in [0.2, 0.25) is 5.88 Å². The molecular formula is C23H17FN2O4S. The molecule has 4 rings (SSSR count). The van der Waals surface area contributed by atoms with Gasteiger partial charge in [-0.15, -0.1) is 0 Å². The van der Waals surface area contributed by atoms with E-state index in [4.69, 9.17) is 4.74 Å². The third-order valence-corrected chi connectivity index (χ3v) is 5.71. The fourth-order valence-corrected chi connectivity index (χ4v) is 3.96. The van der Waals surface area contributed by atoms with Gasteiger partial charge in [0, 0.05) is 23.4 Å².